The number of methoxy groups -OCH3 is 1. The van der Waals surface area contributed by atoms with Gasteiger partial charge < -0.3 is 19.7 Å². The highest BCUT2D eigenvalue weighted by Crippen LogP contribution is 2.26. The Hall–Kier alpha value is -2.57. The van der Waals surface area contributed by atoms with Crippen LogP contribution in [0.3, 0.4) is 0 Å². The molecule has 19 heavy (non-hydrogen) atoms. The summed E-state index contributed by atoms with van der Waals surface area (Å²) in [4.78, 5) is 15.8. The Kier molecular flexibility index (Phi) is 3.65. The van der Waals surface area contributed by atoms with Crippen LogP contribution in [0.4, 0.5) is 0 Å². The lowest BCUT2D eigenvalue weighted by molar-refractivity contribution is 0.0949. The second-order valence-corrected chi connectivity index (χ2v) is 3.80. The maximum absolute atomic E-state index is 11.8. The number of aromatic nitrogens is 2. The SMILES string of the molecule is COc1ccc(C(=O)NCc2noc(C)n2)cc1O. The summed E-state index contributed by atoms with van der Waals surface area (Å²) < 4.78 is 9.68. The quantitative estimate of drug-likeness (QED) is 0.854. The van der Waals surface area contributed by atoms with Gasteiger partial charge in [0.2, 0.25) is 5.89 Å². The summed E-state index contributed by atoms with van der Waals surface area (Å²) in [6.07, 6.45) is 0. The van der Waals surface area contributed by atoms with Crippen LogP contribution in [0.1, 0.15) is 22.1 Å². The first-order valence-corrected chi connectivity index (χ1v) is 5.54. The Bertz CT molecular complexity index is 594. The zero-order valence-electron chi connectivity index (χ0n) is 10.5. The summed E-state index contributed by atoms with van der Waals surface area (Å²) in [5.74, 6) is 0.700. The van der Waals surface area contributed by atoms with Gasteiger partial charge in [0, 0.05) is 12.5 Å². The Morgan fingerprint density at radius 3 is 2.89 bits per heavy atom. The van der Waals surface area contributed by atoms with Gasteiger partial charge in [0.15, 0.2) is 17.3 Å². The van der Waals surface area contributed by atoms with Crippen LogP contribution >= 0.6 is 0 Å². The van der Waals surface area contributed by atoms with Crippen molar-refractivity contribution in [3.8, 4) is 11.5 Å². The first kappa shape index (κ1) is 12.9. The van der Waals surface area contributed by atoms with E-state index in [2.05, 4.69) is 15.5 Å². The van der Waals surface area contributed by atoms with E-state index >= 15 is 0 Å². The molecule has 1 amide bonds. The third-order valence-electron chi connectivity index (χ3n) is 2.42. The van der Waals surface area contributed by atoms with Gasteiger partial charge in [-0.15, -0.1) is 0 Å². The lowest BCUT2D eigenvalue weighted by atomic mass is 10.2. The number of carbonyl (C=O) groups excluding carboxylic acids is 1. The molecule has 0 fully saturated rings. The van der Waals surface area contributed by atoms with Gasteiger partial charge in [0.1, 0.15) is 0 Å². The molecule has 0 aliphatic heterocycles. The lowest BCUT2D eigenvalue weighted by Gasteiger charge is -2.06. The molecule has 0 aliphatic carbocycles. The third kappa shape index (κ3) is 3.01. The number of aromatic hydroxyl groups is 1. The Labute approximate surface area is 109 Å². The fraction of sp³-hybridized carbons (Fsp3) is 0.250. The maximum atomic E-state index is 11.8. The van der Waals surface area contributed by atoms with Crippen molar-refractivity contribution in [3.05, 3.63) is 35.5 Å². The normalized spacial score (nSPS) is 10.2. The molecular formula is C12H13N3O4. The summed E-state index contributed by atoms with van der Waals surface area (Å²) in [5, 5.41) is 15.9. The highest BCUT2D eigenvalue weighted by molar-refractivity contribution is 5.94. The molecule has 1 aromatic heterocycles. The van der Waals surface area contributed by atoms with Crippen LogP contribution in [-0.4, -0.2) is 28.3 Å². The van der Waals surface area contributed by atoms with E-state index in [1.54, 1.807) is 13.0 Å². The molecule has 7 heteroatoms. The number of hydrogen-bond donors (Lipinski definition) is 2. The molecule has 0 bridgehead atoms. The Morgan fingerprint density at radius 2 is 2.32 bits per heavy atom. The number of benzene rings is 1. The molecule has 7 nitrogen and oxygen atoms in total. The molecule has 1 aromatic carbocycles. The number of nitrogens with zero attached hydrogens (tertiary/aromatic N) is 2. The second kappa shape index (κ2) is 5.38. The van der Waals surface area contributed by atoms with E-state index in [1.807, 2.05) is 0 Å². The van der Waals surface area contributed by atoms with Crippen molar-refractivity contribution >= 4 is 5.91 Å². The van der Waals surface area contributed by atoms with Gasteiger partial charge in [-0.25, -0.2) is 0 Å². The molecule has 0 atom stereocenters. The number of ether oxygens (including phenoxy) is 1. The zero-order chi connectivity index (χ0) is 13.8. The molecule has 2 N–H and O–H groups in total. The number of phenols is 1. The Morgan fingerprint density at radius 1 is 1.53 bits per heavy atom. The van der Waals surface area contributed by atoms with Crippen LogP contribution in [0.15, 0.2) is 22.7 Å². The minimum absolute atomic E-state index is 0.0921. The molecular weight excluding hydrogens is 250 g/mol. The van der Waals surface area contributed by atoms with Crippen molar-refractivity contribution in [2.45, 2.75) is 13.5 Å². The van der Waals surface area contributed by atoms with Crippen molar-refractivity contribution in [2.24, 2.45) is 0 Å². The second-order valence-electron chi connectivity index (χ2n) is 3.80. The largest absolute Gasteiger partial charge is 0.504 e. The predicted molar refractivity (Wildman–Crippen MR) is 64.9 cm³/mol. The lowest BCUT2D eigenvalue weighted by Crippen LogP contribution is -2.23. The minimum Gasteiger partial charge on any atom is -0.504 e. The number of carbonyl (C=O) groups is 1. The highest BCUT2D eigenvalue weighted by atomic mass is 16.5. The van der Waals surface area contributed by atoms with E-state index in [9.17, 15) is 9.90 Å². The van der Waals surface area contributed by atoms with Crippen molar-refractivity contribution in [2.75, 3.05) is 7.11 Å². The average Bonchev–Trinajstić information content (AvgIpc) is 2.81. The summed E-state index contributed by atoms with van der Waals surface area (Å²) in [5.41, 5.74) is 0.318. The topological polar surface area (TPSA) is 97.5 Å². The number of rotatable bonds is 4. The van der Waals surface area contributed by atoms with Gasteiger partial charge in [-0.2, -0.15) is 4.98 Å². The predicted octanol–water partition coefficient (Wildman–Crippen LogP) is 1.02. The van der Waals surface area contributed by atoms with Crippen molar-refractivity contribution in [3.63, 3.8) is 0 Å². The van der Waals surface area contributed by atoms with E-state index in [0.717, 1.165) is 0 Å². The Balaban J connectivity index is 2.01. The van der Waals surface area contributed by atoms with Gasteiger partial charge >= 0.3 is 0 Å². The number of aryl methyl sites for hydroxylation is 1. The fourth-order valence-corrected chi connectivity index (χ4v) is 1.51. The molecule has 0 unspecified atom stereocenters. The summed E-state index contributed by atoms with van der Waals surface area (Å²) in [6.45, 7) is 1.82. The highest BCUT2D eigenvalue weighted by Gasteiger charge is 2.10. The first-order valence-electron chi connectivity index (χ1n) is 5.54. The molecule has 0 spiro atoms. The first-order chi connectivity index (χ1) is 9.10. The molecule has 2 aromatic rings. The fourth-order valence-electron chi connectivity index (χ4n) is 1.51. The van der Waals surface area contributed by atoms with Crippen molar-refractivity contribution < 1.29 is 19.2 Å². The van der Waals surface area contributed by atoms with Gasteiger partial charge in [-0.05, 0) is 18.2 Å². The van der Waals surface area contributed by atoms with Gasteiger partial charge in [-0.3, -0.25) is 4.79 Å². The third-order valence-corrected chi connectivity index (χ3v) is 2.42. The summed E-state index contributed by atoms with van der Waals surface area (Å²) >= 11 is 0. The van der Waals surface area contributed by atoms with Crippen LogP contribution < -0.4 is 10.1 Å². The van der Waals surface area contributed by atoms with Gasteiger partial charge in [0.25, 0.3) is 5.91 Å². The number of amides is 1. The number of nitrogens with one attached hydrogen (secondary N) is 1. The van der Waals surface area contributed by atoms with Gasteiger partial charge in [0.05, 0.1) is 13.7 Å². The van der Waals surface area contributed by atoms with E-state index in [4.69, 9.17) is 9.26 Å². The molecule has 0 saturated carbocycles. The average molecular weight is 263 g/mol. The molecule has 100 valence electrons. The molecule has 0 radical (unpaired) electrons. The minimum atomic E-state index is -0.347. The van der Waals surface area contributed by atoms with Crippen LogP contribution in [-0.2, 0) is 6.54 Å². The molecule has 2 rings (SSSR count). The van der Waals surface area contributed by atoms with E-state index in [1.165, 1.54) is 19.2 Å². The standard InChI is InChI=1S/C12H13N3O4/c1-7-14-11(15-19-7)6-13-12(17)8-3-4-10(18-2)9(16)5-8/h3-5,16H,6H2,1-2H3,(H,13,17). The number of phenolic OH excluding ortho intramolecular Hbond substituents is 1. The summed E-state index contributed by atoms with van der Waals surface area (Å²) in [6, 6.07) is 4.40. The van der Waals surface area contributed by atoms with Crippen molar-refractivity contribution in [1.29, 1.82) is 0 Å². The van der Waals surface area contributed by atoms with E-state index < -0.39 is 0 Å². The van der Waals surface area contributed by atoms with E-state index in [0.29, 0.717) is 23.0 Å². The van der Waals surface area contributed by atoms with E-state index in [-0.39, 0.29) is 18.2 Å². The monoisotopic (exact) mass is 263 g/mol. The molecule has 0 saturated heterocycles. The van der Waals surface area contributed by atoms with Crippen LogP contribution in [0, 0.1) is 6.92 Å². The van der Waals surface area contributed by atoms with Crippen LogP contribution in [0.5, 0.6) is 11.5 Å². The molecule has 1 heterocycles. The van der Waals surface area contributed by atoms with Crippen LogP contribution in [0.25, 0.3) is 0 Å². The van der Waals surface area contributed by atoms with Crippen LogP contribution in [0.2, 0.25) is 0 Å². The molecule has 0 aliphatic rings. The van der Waals surface area contributed by atoms with Crippen molar-refractivity contribution in [1.82, 2.24) is 15.5 Å². The maximum Gasteiger partial charge on any atom is 0.251 e. The smallest absolute Gasteiger partial charge is 0.251 e. The zero-order valence-corrected chi connectivity index (χ0v) is 10.5. The summed E-state index contributed by atoms with van der Waals surface area (Å²) in [7, 11) is 1.44. The van der Waals surface area contributed by atoms with Gasteiger partial charge in [-0.1, -0.05) is 5.16 Å². The number of hydrogen-bond acceptors (Lipinski definition) is 6.